The van der Waals surface area contributed by atoms with Crippen molar-refractivity contribution in [2.24, 2.45) is 0 Å². The van der Waals surface area contributed by atoms with E-state index < -0.39 is 12.2 Å². The van der Waals surface area contributed by atoms with Crippen molar-refractivity contribution in [3.8, 4) is 0 Å². The molecule has 1 saturated heterocycles. The van der Waals surface area contributed by atoms with E-state index in [0.717, 1.165) is 5.69 Å². The minimum atomic E-state index is -0.623. The normalized spacial score (nSPS) is 27.0. The molecule has 1 unspecified atom stereocenters. The van der Waals surface area contributed by atoms with Gasteiger partial charge in [-0.1, -0.05) is 0 Å². The molecule has 0 aliphatic carbocycles. The van der Waals surface area contributed by atoms with E-state index in [2.05, 4.69) is 5.10 Å². The van der Waals surface area contributed by atoms with Crippen LogP contribution >= 0.6 is 0 Å². The number of hydrogen-bond acceptors (Lipinski definition) is 3. The molecular formula is C9H14FN3O. The number of nitrogens with two attached hydrogens (primary N) is 1. The molecule has 0 amide bonds. The third-order valence-electron chi connectivity index (χ3n) is 2.75. The van der Waals surface area contributed by atoms with Gasteiger partial charge >= 0.3 is 0 Å². The fourth-order valence-electron chi connectivity index (χ4n) is 1.66. The highest BCUT2D eigenvalue weighted by molar-refractivity contribution is 5.39. The summed E-state index contributed by atoms with van der Waals surface area (Å²) in [6.07, 6.45) is 2.34. The molecule has 1 aromatic rings. The average Bonchev–Trinajstić information content (AvgIpc) is 2.75. The topological polar surface area (TPSA) is 53.1 Å². The van der Waals surface area contributed by atoms with Crippen molar-refractivity contribution in [3.05, 3.63) is 11.9 Å². The summed E-state index contributed by atoms with van der Waals surface area (Å²) in [6, 6.07) is 0. The van der Waals surface area contributed by atoms with E-state index in [4.69, 9.17) is 10.5 Å². The van der Waals surface area contributed by atoms with Crippen LogP contribution in [0.2, 0.25) is 0 Å². The number of alkyl halides is 1. The number of ether oxygens (including phenoxy) is 1. The fraction of sp³-hybridized carbons (Fsp3) is 0.667. The van der Waals surface area contributed by atoms with E-state index >= 15 is 0 Å². The van der Waals surface area contributed by atoms with E-state index in [1.807, 2.05) is 6.92 Å². The van der Waals surface area contributed by atoms with Crippen LogP contribution in [0.25, 0.3) is 0 Å². The van der Waals surface area contributed by atoms with E-state index in [0.29, 0.717) is 25.3 Å². The highest BCUT2D eigenvalue weighted by atomic mass is 19.1. The first kappa shape index (κ1) is 9.45. The van der Waals surface area contributed by atoms with Gasteiger partial charge in [-0.05, 0) is 6.92 Å². The highest BCUT2D eigenvalue weighted by Gasteiger charge is 2.38. The number of rotatable bonds is 2. The number of nitrogen functional groups attached to an aromatic ring is 1. The maximum absolute atomic E-state index is 13.0. The zero-order chi connectivity index (χ0) is 10.2. The molecule has 5 heteroatoms. The molecule has 78 valence electrons. The molecule has 0 aromatic carbocycles. The molecule has 0 bridgehead atoms. The Bertz CT molecular complexity index is 311. The second kappa shape index (κ2) is 3.24. The zero-order valence-electron chi connectivity index (χ0n) is 8.16. The molecule has 0 radical (unpaired) electrons. The Kier molecular flexibility index (Phi) is 2.19. The molecule has 14 heavy (non-hydrogen) atoms. The third-order valence-corrected chi connectivity index (χ3v) is 2.75. The van der Waals surface area contributed by atoms with Gasteiger partial charge in [0.2, 0.25) is 0 Å². The van der Waals surface area contributed by atoms with E-state index in [1.54, 1.807) is 10.9 Å². The van der Waals surface area contributed by atoms with Crippen molar-refractivity contribution in [2.45, 2.75) is 18.9 Å². The number of aryl methyl sites for hydroxylation is 1. The summed E-state index contributed by atoms with van der Waals surface area (Å²) in [5.41, 5.74) is 6.39. The zero-order valence-corrected chi connectivity index (χ0v) is 8.16. The Hall–Kier alpha value is -1.10. The van der Waals surface area contributed by atoms with Crippen LogP contribution in [0.1, 0.15) is 12.1 Å². The van der Waals surface area contributed by atoms with Crippen molar-refractivity contribution in [1.82, 2.24) is 9.78 Å². The van der Waals surface area contributed by atoms with Gasteiger partial charge in [0.15, 0.2) is 0 Å². The van der Waals surface area contributed by atoms with Crippen LogP contribution < -0.4 is 5.73 Å². The summed E-state index contributed by atoms with van der Waals surface area (Å²) < 4.78 is 19.8. The SMILES string of the molecule is Cc1nn(C2(CF)CCOC2)cc1N. The molecule has 0 saturated carbocycles. The lowest BCUT2D eigenvalue weighted by Gasteiger charge is -2.23. The number of aromatic nitrogens is 2. The van der Waals surface area contributed by atoms with Gasteiger partial charge in [-0.2, -0.15) is 5.10 Å². The fourth-order valence-corrected chi connectivity index (χ4v) is 1.66. The van der Waals surface area contributed by atoms with Crippen LogP contribution in [-0.4, -0.2) is 29.7 Å². The second-order valence-corrected chi connectivity index (χ2v) is 3.77. The lowest BCUT2D eigenvalue weighted by Crippen LogP contribution is -2.37. The van der Waals surface area contributed by atoms with Crippen LogP contribution in [0.5, 0.6) is 0 Å². The molecule has 1 aromatic heterocycles. The van der Waals surface area contributed by atoms with Gasteiger partial charge in [-0.25, -0.2) is 4.39 Å². The molecular weight excluding hydrogens is 185 g/mol. The van der Waals surface area contributed by atoms with Crippen molar-refractivity contribution in [2.75, 3.05) is 25.6 Å². The first-order valence-electron chi connectivity index (χ1n) is 4.64. The van der Waals surface area contributed by atoms with Crippen LogP contribution in [-0.2, 0) is 10.3 Å². The van der Waals surface area contributed by atoms with Gasteiger partial charge in [0, 0.05) is 19.2 Å². The summed E-state index contributed by atoms with van der Waals surface area (Å²) >= 11 is 0. The lowest BCUT2D eigenvalue weighted by atomic mass is 10.0. The molecule has 0 spiro atoms. The smallest absolute Gasteiger partial charge is 0.117 e. The first-order valence-corrected chi connectivity index (χ1v) is 4.64. The minimum Gasteiger partial charge on any atom is -0.396 e. The Labute approximate surface area is 81.8 Å². The largest absolute Gasteiger partial charge is 0.396 e. The molecule has 2 heterocycles. The van der Waals surface area contributed by atoms with Crippen molar-refractivity contribution in [3.63, 3.8) is 0 Å². The Morgan fingerprint density at radius 2 is 2.57 bits per heavy atom. The summed E-state index contributed by atoms with van der Waals surface area (Å²) in [6.45, 7) is 2.31. The van der Waals surface area contributed by atoms with Crippen LogP contribution in [0.4, 0.5) is 10.1 Å². The molecule has 1 aliphatic rings. The van der Waals surface area contributed by atoms with Gasteiger partial charge in [0.25, 0.3) is 0 Å². The van der Waals surface area contributed by atoms with E-state index in [-0.39, 0.29) is 0 Å². The van der Waals surface area contributed by atoms with Crippen molar-refractivity contribution in [1.29, 1.82) is 0 Å². The number of anilines is 1. The molecule has 1 aliphatic heterocycles. The van der Waals surface area contributed by atoms with E-state index in [9.17, 15) is 4.39 Å². The molecule has 1 atom stereocenters. The van der Waals surface area contributed by atoms with Crippen LogP contribution in [0.15, 0.2) is 6.20 Å². The monoisotopic (exact) mass is 199 g/mol. The van der Waals surface area contributed by atoms with Gasteiger partial charge in [0.1, 0.15) is 12.2 Å². The molecule has 2 rings (SSSR count). The lowest BCUT2D eigenvalue weighted by molar-refractivity contribution is 0.126. The Morgan fingerprint density at radius 1 is 1.79 bits per heavy atom. The highest BCUT2D eigenvalue weighted by Crippen LogP contribution is 2.28. The minimum absolute atomic E-state index is 0.379. The van der Waals surface area contributed by atoms with Crippen LogP contribution in [0, 0.1) is 6.92 Å². The molecule has 2 N–H and O–H groups in total. The number of halogens is 1. The Balaban J connectivity index is 2.36. The summed E-state index contributed by atoms with van der Waals surface area (Å²) in [5.74, 6) is 0. The van der Waals surface area contributed by atoms with E-state index in [1.165, 1.54) is 0 Å². The summed E-state index contributed by atoms with van der Waals surface area (Å²) in [4.78, 5) is 0. The second-order valence-electron chi connectivity index (χ2n) is 3.77. The number of nitrogens with zero attached hydrogens (tertiary/aromatic N) is 2. The predicted molar refractivity (Wildman–Crippen MR) is 50.8 cm³/mol. The van der Waals surface area contributed by atoms with Gasteiger partial charge in [-0.15, -0.1) is 0 Å². The van der Waals surface area contributed by atoms with Crippen molar-refractivity contribution >= 4 is 5.69 Å². The van der Waals surface area contributed by atoms with Gasteiger partial charge in [0.05, 0.1) is 18.0 Å². The quantitative estimate of drug-likeness (QED) is 0.768. The average molecular weight is 199 g/mol. The summed E-state index contributed by atoms with van der Waals surface area (Å²) in [5, 5.41) is 4.21. The third kappa shape index (κ3) is 1.28. The number of hydrogen-bond donors (Lipinski definition) is 1. The standard InChI is InChI=1S/C9H14FN3O/c1-7-8(11)4-13(12-7)9(5-10)2-3-14-6-9/h4H,2-3,5-6,11H2,1H3. The van der Waals surface area contributed by atoms with Gasteiger partial charge in [-0.3, -0.25) is 4.68 Å². The Morgan fingerprint density at radius 3 is 3.00 bits per heavy atom. The predicted octanol–water partition coefficient (Wildman–Crippen LogP) is 0.859. The first-order chi connectivity index (χ1) is 6.68. The molecule has 4 nitrogen and oxygen atoms in total. The molecule has 1 fully saturated rings. The van der Waals surface area contributed by atoms with Crippen LogP contribution in [0.3, 0.4) is 0 Å². The maximum Gasteiger partial charge on any atom is 0.117 e. The maximum atomic E-state index is 13.0. The van der Waals surface area contributed by atoms with Gasteiger partial charge < -0.3 is 10.5 Å². The van der Waals surface area contributed by atoms with Crippen molar-refractivity contribution < 1.29 is 9.13 Å². The summed E-state index contributed by atoms with van der Waals surface area (Å²) in [7, 11) is 0.